The van der Waals surface area contributed by atoms with Crippen LogP contribution in [0.25, 0.3) is 0 Å². The molecule has 482 valence electrons. The lowest BCUT2D eigenvalue weighted by atomic mass is 9.99. The average molecular weight is 1170 g/mol. The number of rotatable bonds is 59. The second kappa shape index (κ2) is 59.4. The number of nitrogens with one attached hydrogen (secondary N) is 1. The Balaban J connectivity index is 2.60. The highest BCUT2D eigenvalue weighted by Crippen LogP contribution is 2.26. The molecule has 0 radical (unpaired) electrons. The van der Waals surface area contributed by atoms with Crippen LogP contribution in [-0.4, -0.2) is 99.6 Å². The van der Waals surface area contributed by atoms with Crippen LogP contribution in [0.1, 0.15) is 310 Å². The van der Waals surface area contributed by atoms with Crippen LogP contribution in [0.5, 0.6) is 0 Å². The summed E-state index contributed by atoms with van der Waals surface area (Å²) >= 11 is 0. The van der Waals surface area contributed by atoms with Crippen LogP contribution in [0.15, 0.2) is 72.9 Å². The summed E-state index contributed by atoms with van der Waals surface area (Å²) < 4.78 is 17.7. The Kier molecular flexibility index (Phi) is 55.9. The molecular weight excluding hydrogens is 1040 g/mol. The van der Waals surface area contributed by atoms with Gasteiger partial charge in [-0.2, -0.15) is 0 Å². The quantitative estimate of drug-likeness (QED) is 0.0195. The first kappa shape index (κ1) is 78.1. The van der Waals surface area contributed by atoms with Gasteiger partial charge in [0.15, 0.2) is 12.4 Å². The van der Waals surface area contributed by atoms with Gasteiger partial charge in [0.05, 0.1) is 25.4 Å². The molecule has 1 aliphatic heterocycles. The highest BCUT2D eigenvalue weighted by Gasteiger charge is 2.47. The van der Waals surface area contributed by atoms with Crippen LogP contribution in [0.3, 0.4) is 0 Å². The van der Waals surface area contributed by atoms with Crippen molar-refractivity contribution in [3.8, 4) is 0 Å². The molecule has 11 nitrogen and oxygen atoms in total. The number of esters is 1. The highest BCUT2D eigenvalue weighted by atomic mass is 16.7. The van der Waals surface area contributed by atoms with E-state index in [4.69, 9.17) is 14.2 Å². The van der Waals surface area contributed by atoms with E-state index >= 15 is 0 Å². The lowest BCUT2D eigenvalue weighted by Gasteiger charge is -2.41. The molecule has 0 saturated carbocycles. The van der Waals surface area contributed by atoms with E-state index in [2.05, 4.69) is 86.8 Å². The molecule has 83 heavy (non-hydrogen) atoms. The van der Waals surface area contributed by atoms with Gasteiger partial charge in [-0.3, -0.25) is 9.59 Å². The van der Waals surface area contributed by atoms with E-state index < -0.39 is 67.4 Å². The van der Waals surface area contributed by atoms with Gasteiger partial charge in [-0.05, 0) is 96.3 Å². The second-order valence-electron chi connectivity index (χ2n) is 23.9. The lowest BCUT2D eigenvalue weighted by molar-refractivity contribution is -0.305. The van der Waals surface area contributed by atoms with Gasteiger partial charge in [0.2, 0.25) is 5.91 Å². The van der Waals surface area contributed by atoms with Crippen molar-refractivity contribution in [2.75, 3.05) is 13.2 Å². The summed E-state index contributed by atoms with van der Waals surface area (Å²) in [6, 6.07) is -1.03. The monoisotopic (exact) mass is 1170 g/mol. The third-order valence-corrected chi connectivity index (χ3v) is 16.1. The average Bonchev–Trinajstić information content (AvgIpc) is 3.55. The summed E-state index contributed by atoms with van der Waals surface area (Å²) in [5.41, 5.74) is 0. The topological polar surface area (TPSA) is 175 Å². The lowest BCUT2D eigenvalue weighted by Crippen LogP contribution is -2.61. The molecule has 11 heteroatoms. The largest absolute Gasteiger partial charge is 0.454 e. The maximum Gasteiger partial charge on any atom is 0.306 e. The van der Waals surface area contributed by atoms with E-state index in [-0.39, 0.29) is 19.4 Å². The Morgan fingerprint density at radius 1 is 0.470 bits per heavy atom. The molecule has 8 unspecified atom stereocenters. The molecule has 6 N–H and O–H groups in total. The van der Waals surface area contributed by atoms with Crippen molar-refractivity contribution < 1.29 is 49.3 Å². The van der Waals surface area contributed by atoms with E-state index in [0.717, 1.165) is 96.3 Å². The van der Waals surface area contributed by atoms with Crippen molar-refractivity contribution in [3.63, 3.8) is 0 Å². The van der Waals surface area contributed by atoms with E-state index in [1.54, 1.807) is 6.08 Å². The van der Waals surface area contributed by atoms with Crippen molar-refractivity contribution in [3.05, 3.63) is 72.9 Å². The number of allylic oxidation sites excluding steroid dienone is 11. The van der Waals surface area contributed by atoms with Gasteiger partial charge in [-0.15, -0.1) is 0 Å². The second-order valence-corrected chi connectivity index (χ2v) is 23.9. The van der Waals surface area contributed by atoms with Crippen LogP contribution in [0.2, 0.25) is 0 Å². The summed E-state index contributed by atoms with van der Waals surface area (Å²) in [6.45, 7) is 5.77. The molecule has 0 aromatic rings. The smallest absolute Gasteiger partial charge is 0.306 e. The molecule has 0 aliphatic carbocycles. The van der Waals surface area contributed by atoms with Crippen LogP contribution < -0.4 is 5.32 Å². The Labute approximate surface area is 509 Å². The molecule has 1 aliphatic rings. The summed E-state index contributed by atoms with van der Waals surface area (Å²) in [5.74, 6) is -1.20. The number of amides is 1. The Bertz CT molecular complexity index is 1630. The third kappa shape index (κ3) is 46.9. The molecule has 0 bridgehead atoms. The first-order chi connectivity index (χ1) is 40.7. The van der Waals surface area contributed by atoms with Crippen molar-refractivity contribution in [2.24, 2.45) is 0 Å². The van der Waals surface area contributed by atoms with Crippen LogP contribution in [0, 0.1) is 0 Å². The van der Waals surface area contributed by atoms with Crippen LogP contribution >= 0.6 is 0 Å². The van der Waals surface area contributed by atoms with Gasteiger partial charge in [0.1, 0.15) is 24.4 Å². The summed E-state index contributed by atoms with van der Waals surface area (Å²) in [7, 11) is 0. The third-order valence-electron chi connectivity index (χ3n) is 16.1. The van der Waals surface area contributed by atoms with E-state index in [1.165, 1.54) is 167 Å². The van der Waals surface area contributed by atoms with Gasteiger partial charge >= 0.3 is 5.97 Å². The Hall–Kier alpha value is -2.90. The molecule has 8 atom stereocenters. The van der Waals surface area contributed by atoms with E-state index in [0.29, 0.717) is 12.8 Å². The van der Waals surface area contributed by atoms with E-state index in [9.17, 15) is 35.1 Å². The molecule has 0 aromatic heterocycles. The normalized spacial score (nSPS) is 19.0. The molecule has 0 spiro atoms. The minimum atomic E-state index is -1.62. The SMILES string of the molecule is CCCCC/C=C\C/C=C\C/C=C\C/C=C\CCCCCCCCCCCCC(O)C(=O)NC(COC1OC(CO)C(O)C(O)C1OC(=O)CCCCCCCCC/C=C\CCCCCC)C(O)/C=C/CCCCCCCCCCCCC. The Morgan fingerprint density at radius 3 is 1.29 bits per heavy atom. The molecule has 1 saturated heterocycles. The number of carbonyl (C=O) groups is 2. The van der Waals surface area contributed by atoms with Crippen molar-refractivity contribution in [1.82, 2.24) is 5.32 Å². The molecular formula is C72H129NO10. The first-order valence-corrected chi connectivity index (χ1v) is 34.7. The van der Waals surface area contributed by atoms with Crippen LogP contribution in [-0.2, 0) is 23.8 Å². The predicted molar refractivity (Wildman–Crippen MR) is 347 cm³/mol. The fourth-order valence-corrected chi connectivity index (χ4v) is 10.6. The van der Waals surface area contributed by atoms with Crippen molar-refractivity contribution >= 4 is 11.9 Å². The molecule has 1 amide bonds. The van der Waals surface area contributed by atoms with Gasteiger partial charge in [-0.1, -0.05) is 280 Å². The minimum Gasteiger partial charge on any atom is -0.454 e. The zero-order valence-electron chi connectivity index (χ0n) is 53.6. The maximum atomic E-state index is 13.5. The number of unbranched alkanes of at least 4 members (excludes halogenated alkanes) is 35. The summed E-state index contributed by atoms with van der Waals surface area (Å²) in [4.78, 5) is 26.6. The van der Waals surface area contributed by atoms with Crippen molar-refractivity contribution in [2.45, 2.75) is 359 Å². The minimum absolute atomic E-state index is 0.117. The van der Waals surface area contributed by atoms with Crippen LogP contribution in [0.4, 0.5) is 0 Å². The highest BCUT2D eigenvalue weighted by molar-refractivity contribution is 5.80. The number of carbonyl (C=O) groups excluding carboxylic acids is 2. The number of hydrogen-bond donors (Lipinski definition) is 6. The maximum absolute atomic E-state index is 13.5. The Morgan fingerprint density at radius 2 is 0.831 bits per heavy atom. The fourth-order valence-electron chi connectivity index (χ4n) is 10.6. The van der Waals surface area contributed by atoms with E-state index in [1.807, 2.05) is 6.08 Å². The number of aliphatic hydroxyl groups excluding tert-OH is 5. The molecule has 1 fully saturated rings. The summed E-state index contributed by atoms with van der Waals surface area (Å²) in [5, 5.41) is 57.2. The van der Waals surface area contributed by atoms with Gasteiger partial charge in [0, 0.05) is 6.42 Å². The molecule has 1 heterocycles. The van der Waals surface area contributed by atoms with Gasteiger partial charge < -0.3 is 45.1 Å². The first-order valence-electron chi connectivity index (χ1n) is 34.7. The fraction of sp³-hybridized carbons (Fsp3) is 0.806. The zero-order valence-corrected chi connectivity index (χ0v) is 53.6. The number of ether oxygens (including phenoxy) is 3. The standard InChI is InChI=1S/C72H129NO10/c1-4-7-10-13-16-19-22-25-27-28-29-30-31-32-33-34-35-36-37-39-41-44-47-50-53-56-59-65(76)71(80)73-63(64(75)58-55-52-49-46-43-40-24-21-18-15-12-9-6-3)62-81-72-70(69(79)68(78)66(61-74)82-72)83-67(77)60-57-54-51-48-45-42-38-26-23-20-17-14-11-8-5-2/h16,19-20,23,25,27,29-30,32-33,55,58,63-66,68-70,72,74-76,78-79H,4-15,17-18,21-22,24,26,28,31,34-54,56-57,59-62H2,1-3H3,(H,73,80)/b19-16-,23-20-,27-25-,30-29-,33-32-,58-55+. The number of aliphatic hydroxyl groups is 5. The van der Waals surface area contributed by atoms with Gasteiger partial charge in [0.25, 0.3) is 0 Å². The predicted octanol–water partition coefficient (Wildman–Crippen LogP) is 17.5. The summed E-state index contributed by atoms with van der Waals surface area (Å²) in [6.07, 6.45) is 66.5. The molecule has 1 rings (SSSR count). The van der Waals surface area contributed by atoms with Gasteiger partial charge in [-0.25, -0.2) is 0 Å². The number of hydrogen-bond acceptors (Lipinski definition) is 10. The molecule has 0 aromatic carbocycles. The zero-order chi connectivity index (χ0) is 60.3. The van der Waals surface area contributed by atoms with Crippen molar-refractivity contribution in [1.29, 1.82) is 0 Å².